The summed E-state index contributed by atoms with van der Waals surface area (Å²) >= 11 is 5.53. The minimum absolute atomic E-state index is 0.128. The van der Waals surface area contributed by atoms with Crippen LogP contribution in [0.1, 0.15) is 5.56 Å². The first-order chi connectivity index (χ1) is 6.59. The van der Waals surface area contributed by atoms with E-state index < -0.39 is 5.82 Å². The second kappa shape index (κ2) is 4.99. The molecule has 0 saturated carbocycles. The maximum absolute atomic E-state index is 13.0. The quantitative estimate of drug-likeness (QED) is 0.645. The van der Waals surface area contributed by atoms with Gasteiger partial charge >= 0.3 is 0 Å². The van der Waals surface area contributed by atoms with E-state index in [1.54, 1.807) is 6.07 Å². The zero-order valence-electron chi connectivity index (χ0n) is 8.14. The number of nitrogens with zero attached hydrogens (tertiary/aromatic N) is 1. The normalized spacial score (nSPS) is 9.79. The van der Waals surface area contributed by atoms with Gasteiger partial charge in [0.25, 0.3) is 0 Å². The summed E-state index contributed by atoms with van der Waals surface area (Å²) in [5.74, 6) is 5.34. The van der Waals surface area contributed by atoms with Gasteiger partial charge < -0.3 is 0 Å². The third-order valence-corrected chi connectivity index (χ3v) is 1.85. The van der Waals surface area contributed by atoms with Gasteiger partial charge in [-0.15, -0.1) is 0 Å². The van der Waals surface area contributed by atoms with E-state index in [0.29, 0.717) is 12.1 Å². The van der Waals surface area contributed by atoms with Crippen LogP contribution in [0.15, 0.2) is 18.2 Å². The van der Waals surface area contributed by atoms with Crippen molar-refractivity contribution in [2.45, 2.75) is 0 Å². The lowest BCUT2D eigenvalue weighted by Gasteiger charge is -2.00. The molecule has 0 heterocycles. The van der Waals surface area contributed by atoms with E-state index in [9.17, 15) is 4.39 Å². The summed E-state index contributed by atoms with van der Waals surface area (Å²) in [5.41, 5.74) is 0.647. The van der Waals surface area contributed by atoms with Crippen LogP contribution in [-0.4, -0.2) is 25.5 Å². The van der Waals surface area contributed by atoms with Gasteiger partial charge in [0.2, 0.25) is 0 Å². The Hall–Kier alpha value is -1.04. The highest BCUT2D eigenvalue weighted by atomic mass is 35.5. The smallest absolute Gasteiger partial charge is 0.143 e. The minimum atomic E-state index is -0.427. The lowest BCUT2D eigenvalue weighted by atomic mass is 10.2. The van der Waals surface area contributed by atoms with Crippen LogP contribution >= 0.6 is 11.6 Å². The molecule has 14 heavy (non-hydrogen) atoms. The summed E-state index contributed by atoms with van der Waals surface area (Å²) < 4.78 is 13.0. The highest BCUT2D eigenvalue weighted by Gasteiger charge is 1.97. The number of hydrogen-bond acceptors (Lipinski definition) is 1. The molecule has 0 aliphatic rings. The van der Waals surface area contributed by atoms with Crippen LogP contribution in [0.2, 0.25) is 5.02 Å². The van der Waals surface area contributed by atoms with E-state index in [2.05, 4.69) is 11.8 Å². The molecule has 0 saturated heterocycles. The van der Waals surface area contributed by atoms with Gasteiger partial charge in [-0.1, -0.05) is 23.4 Å². The Morgan fingerprint density at radius 3 is 2.71 bits per heavy atom. The molecule has 0 N–H and O–H groups in total. The number of benzene rings is 1. The maximum Gasteiger partial charge on any atom is 0.143 e. The van der Waals surface area contributed by atoms with Crippen LogP contribution in [0.4, 0.5) is 4.39 Å². The molecular weight excluding hydrogens is 201 g/mol. The molecule has 0 aliphatic heterocycles. The molecule has 1 aromatic carbocycles. The topological polar surface area (TPSA) is 3.24 Å². The van der Waals surface area contributed by atoms with Crippen LogP contribution in [0.5, 0.6) is 0 Å². The van der Waals surface area contributed by atoms with Crippen molar-refractivity contribution in [3.8, 4) is 11.8 Å². The van der Waals surface area contributed by atoms with E-state index >= 15 is 0 Å². The van der Waals surface area contributed by atoms with E-state index in [-0.39, 0.29) is 5.02 Å². The number of rotatable bonds is 1. The van der Waals surface area contributed by atoms with Crippen LogP contribution < -0.4 is 0 Å². The predicted octanol–water partition coefficient (Wildman–Crippen LogP) is 2.39. The predicted molar refractivity (Wildman–Crippen MR) is 56.8 cm³/mol. The molecule has 1 nitrogen and oxygen atoms in total. The Morgan fingerprint density at radius 2 is 2.14 bits per heavy atom. The SMILES string of the molecule is CN(C)CC#Cc1ccc(Cl)c(F)c1. The van der Waals surface area contributed by atoms with Gasteiger partial charge in [-0.05, 0) is 32.3 Å². The molecule has 0 bridgehead atoms. The van der Waals surface area contributed by atoms with Crippen LogP contribution in [-0.2, 0) is 0 Å². The first kappa shape index (κ1) is 11.0. The number of hydrogen-bond donors (Lipinski definition) is 0. The summed E-state index contributed by atoms with van der Waals surface area (Å²) in [7, 11) is 3.86. The van der Waals surface area contributed by atoms with Crippen molar-refractivity contribution < 1.29 is 4.39 Å². The molecule has 0 radical (unpaired) electrons. The Bertz CT molecular complexity index is 377. The molecule has 0 unspecified atom stereocenters. The largest absolute Gasteiger partial charge is 0.299 e. The summed E-state index contributed by atoms with van der Waals surface area (Å²) in [6.07, 6.45) is 0. The van der Waals surface area contributed by atoms with Crippen LogP contribution in [0.3, 0.4) is 0 Å². The summed E-state index contributed by atoms with van der Waals surface area (Å²) in [6, 6.07) is 4.55. The van der Waals surface area contributed by atoms with Gasteiger partial charge in [-0.3, -0.25) is 4.90 Å². The molecule has 74 valence electrons. The van der Waals surface area contributed by atoms with Crippen LogP contribution in [0, 0.1) is 17.7 Å². The summed E-state index contributed by atoms with van der Waals surface area (Å²) in [5, 5.41) is 0.128. The van der Waals surface area contributed by atoms with Crippen molar-refractivity contribution in [1.29, 1.82) is 0 Å². The lowest BCUT2D eigenvalue weighted by molar-refractivity contribution is 0.464. The molecule has 0 fully saturated rings. The molecule has 3 heteroatoms. The van der Waals surface area contributed by atoms with Gasteiger partial charge in [-0.2, -0.15) is 0 Å². The summed E-state index contributed by atoms with van der Waals surface area (Å²) in [6.45, 7) is 0.657. The standard InChI is InChI=1S/C11H11ClFN/c1-14(2)7-3-4-9-5-6-10(12)11(13)8-9/h5-6,8H,7H2,1-2H3. The highest BCUT2D eigenvalue weighted by Crippen LogP contribution is 2.14. The van der Waals surface area contributed by atoms with Crippen molar-refractivity contribution in [1.82, 2.24) is 4.90 Å². The zero-order chi connectivity index (χ0) is 10.6. The Kier molecular flexibility index (Phi) is 3.94. The third kappa shape index (κ3) is 3.37. The lowest BCUT2D eigenvalue weighted by Crippen LogP contribution is -2.10. The van der Waals surface area contributed by atoms with E-state index in [1.807, 2.05) is 19.0 Å². The van der Waals surface area contributed by atoms with Crippen molar-refractivity contribution in [3.63, 3.8) is 0 Å². The molecular formula is C11H11ClFN. The molecule has 0 atom stereocenters. The fourth-order valence-corrected chi connectivity index (χ4v) is 0.991. The molecule has 1 rings (SSSR count). The molecule has 1 aromatic rings. The molecule has 0 aliphatic carbocycles. The van der Waals surface area contributed by atoms with Gasteiger partial charge in [-0.25, -0.2) is 4.39 Å². The second-order valence-electron chi connectivity index (χ2n) is 3.17. The van der Waals surface area contributed by atoms with E-state index in [4.69, 9.17) is 11.6 Å². The third-order valence-electron chi connectivity index (χ3n) is 1.55. The second-order valence-corrected chi connectivity index (χ2v) is 3.58. The Balaban J connectivity index is 2.76. The summed E-state index contributed by atoms with van der Waals surface area (Å²) in [4.78, 5) is 1.94. The maximum atomic E-state index is 13.0. The van der Waals surface area contributed by atoms with Crippen molar-refractivity contribution in [2.24, 2.45) is 0 Å². The number of halogens is 2. The van der Waals surface area contributed by atoms with Crippen molar-refractivity contribution >= 4 is 11.6 Å². The highest BCUT2D eigenvalue weighted by molar-refractivity contribution is 6.30. The van der Waals surface area contributed by atoms with E-state index in [1.165, 1.54) is 12.1 Å². The average molecular weight is 212 g/mol. The monoisotopic (exact) mass is 211 g/mol. The first-order valence-corrected chi connectivity index (χ1v) is 4.56. The van der Waals surface area contributed by atoms with Gasteiger partial charge in [0.1, 0.15) is 5.82 Å². The molecule has 0 amide bonds. The van der Waals surface area contributed by atoms with E-state index in [0.717, 1.165) is 0 Å². The van der Waals surface area contributed by atoms with Crippen molar-refractivity contribution in [3.05, 3.63) is 34.6 Å². The fourth-order valence-electron chi connectivity index (χ4n) is 0.874. The Labute approximate surface area is 88.5 Å². The minimum Gasteiger partial charge on any atom is -0.299 e. The Morgan fingerprint density at radius 1 is 1.43 bits per heavy atom. The average Bonchev–Trinajstić information content (AvgIpc) is 2.10. The molecule has 0 spiro atoms. The van der Waals surface area contributed by atoms with Crippen molar-refractivity contribution in [2.75, 3.05) is 20.6 Å². The zero-order valence-corrected chi connectivity index (χ0v) is 8.90. The van der Waals surface area contributed by atoms with Gasteiger partial charge in [0.05, 0.1) is 11.6 Å². The first-order valence-electron chi connectivity index (χ1n) is 4.18. The fraction of sp³-hybridized carbons (Fsp3) is 0.273. The molecule has 0 aromatic heterocycles. The van der Waals surface area contributed by atoms with Gasteiger partial charge in [0, 0.05) is 5.56 Å². The van der Waals surface area contributed by atoms with Gasteiger partial charge in [0.15, 0.2) is 0 Å². The van der Waals surface area contributed by atoms with Crippen LogP contribution in [0.25, 0.3) is 0 Å².